The molecule has 6 heteroatoms. The first-order valence-corrected chi connectivity index (χ1v) is 5.84. The summed E-state index contributed by atoms with van der Waals surface area (Å²) < 4.78 is 9.81. The van der Waals surface area contributed by atoms with Crippen LogP contribution in [0.3, 0.4) is 0 Å². The van der Waals surface area contributed by atoms with Crippen molar-refractivity contribution in [3.8, 4) is 0 Å². The third-order valence-corrected chi connectivity index (χ3v) is 2.53. The van der Waals surface area contributed by atoms with Crippen LogP contribution >= 0.6 is 0 Å². The second-order valence-corrected chi connectivity index (χ2v) is 5.21. The number of Topliss-reactive ketones (excluding diaryl/α,β-unsaturated/α-hetero) is 1. The summed E-state index contributed by atoms with van der Waals surface area (Å²) in [5.74, 6) is -0.640. The minimum atomic E-state index is -0.869. The molecule has 1 atom stereocenters. The molecule has 0 spiro atoms. The Morgan fingerprint density at radius 2 is 1.94 bits per heavy atom. The molecule has 1 saturated heterocycles. The number of ketones is 1. The number of hydrogen-bond acceptors (Lipinski definition) is 5. The normalized spacial score (nSPS) is 20.6. The third-order valence-electron chi connectivity index (χ3n) is 2.53. The second-order valence-electron chi connectivity index (χ2n) is 5.21. The van der Waals surface area contributed by atoms with E-state index < -0.39 is 23.7 Å². The number of methoxy groups -OCH3 is 1. The van der Waals surface area contributed by atoms with Gasteiger partial charge in [-0.05, 0) is 20.8 Å². The first-order chi connectivity index (χ1) is 8.24. The number of amides is 1. The van der Waals surface area contributed by atoms with Crippen LogP contribution in [0.15, 0.2) is 0 Å². The molecule has 0 aromatic carbocycles. The van der Waals surface area contributed by atoms with Crippen LogP contribution in [0.25, 0.3) is 0 Å². The quantitative estimate of drug-likeness (QED) is 0.658. The number of piperidine rings is 1. The van der Waals surface area contributed by atoms with Gasteiger partial charge >= 0.3 is 12.1 Å². The summed E-state index contributed by atoms with van der Waals surface area (Å²) in [5.41, 5.74) is -0.640. The third kappa shape index (κ3) is 3.72. The predicted molar refractivity (Wildman–Crippen MR) is 63.0 cm³/mol. The van der Waals surface area contributed by atoms with Crippen molar-refractivity contribution in [1.29, 1.82) is 0 Å². The molecule has 0 radical (unpaired) electrons. The molecule has 6 nitrogen and oxygen atoms in total. The highest BCUT2D eigenvalue weighted by Gasteiger charge is 2.38. The second kappa shape index (κ2) is 5.37. The predicted octanol–water partition coefficient (Wildman–Crippen LogP) is 1.13. The van der Waals surface area contributed by atoms with Crippen LogP contribution in [0, 0.1) is 0 Å². The minimum absolute atomic E-state index is 0.00802. The van der Waals surface area contributed by atoms with Gasteiger partial charge in [0.15, 0.2) is 0 Å². The maximum atomic E-state index is 11.9. The molecular weight excluding hydrogens is 238 g/mol. The molecule has 1 fully saturated rings. The molecule has 1 rings (SSSR count). The molecule has 0 aromatic rings. The summed E-state index contributed by atoms with van der Waals surface area (Å²) in [6, 6.07) is -0.869. The summed E-state index contributed by atoms with van der Waals surface area (Å²) in [6.45, 7) is 5.42. The van der Waals surface area contributed by atoms with E-state index in [0.717, 1.165) is 0 Å². The lowest BCUT2D eigenvalue weighted by atomic mass is 10.0. The van der Waals surface area contributed by atoms with Crippen molar-refractivity contribution in [2.24, 2.45) is 0 Å². The van der Waals surface area contributed by atoms with Crippen molar-refractivity contribution in [3.63, 3.8) is 0 Å². The first-order valence-electron chi connectivity index (χ1n) is 5.84. The van der Waals surface area contributed by atoms with Crippen LogP contribution in [0.5, 0.6) is 0 Å². The van der Waals surface area contributed by atoms with Gasteiger partial charge in [0, 0.05) is 19.4 Å². The summed E-state index contributed by atoms with van der Waals surface area (Å²) in [6.07, 6.45) is -0.357. The lowest BCUT2D eigenvalue weighted by Crippen LogP contribution is -2.52. The highest BCUT2D eigenvalue weighted by atomic mass is 16.6. The van der Waals surface area contributed by atoms with E-state index in [1.807, 2.05) is 0 Å². The zero-order chi connectivity index (χ0) is 13.9. The van der Waals surface area contributed by atoms with Crippen molar-refractivity contribution in [2.75, 3.05) is 13.7 Å². The zero-order valence-corrected chi connectivity index (χ0v) is 11.2. The fraction of sp³-hybridized carbons (Fsp3) is 0.750. The van der Waals surface area contributed by atoms with Crippen molar-refractivity contribution in [3.05, 3.63) is 0 Å². The fourth-order valence-corrected chi connectivity index (χ4v) is 1.71. The van der Waals surface area contributed by atoms with Crippen LogP contribution in [-0.4, -0.2) is 48.0 Å². The summed E-state index contributed by atoms with van der Waals surface area (Å²) in [5, 5.41) is 0. The highest BCUT2D eigenvalue weighted by Crippen LogP contribution is 2.19. The molecular formula is C12H19NO5. The molecule has 1 aliphatic rings. The standard InChI is InChI=1S/C12H19NO5/c1-12(2,3)18-11(16)13-6-5-8(14)7-9(13)10(15)17-4/h9H,5-7H2,1-4H3/t9-/m1/s1. The summed E-state index contributed by atoms with van der Waals surface area (Å²) >= 11 is 0. The van der Waals surface area contributed by atoms with Crippen molar-refractivity contribution < 1.29 is 23.9 Å². The van der Waals surface area contributed by atoms with E-state index in [9.17, 15) is 14.4 Å². The van der Waals surface area contributed by atoms with Crippen molar-refractivity contribution in [1.82, 2.24) is 4.90 Å². The van der Waals surface area contributed by atoms with E-state index in [1.165, 1.54) is 12.0 Å². The number of rotatable bonds is 1. The Bertz CT molecular complexity index is 358. The fourth-order valence-electron chi connectivity index (χ4n) is 1.71. The molecule has 0 N–H and O–H groups in total. The smallest absolute Gasteiger partial charge is 0.411 e. The van der Waals surface area contributed by atoms with E-state index >= 15 is 0 Å². The molecule has 1 heterocycles. The molecule has 18 heavy (non-hydrogen) atoms. The topological polar surface area (TPSA) is 72.9 Å². The molecule has 1 amide bonds. The van der Waals surface area contributed by atoms with Gasteiger partial charge in [-0.25, -0.2) is 9.59 Å². The van der Waals surface area contributed by atoms with E-state index in [-0.39, 0.29) is 25.2 Å². The Morgan fingerprint density at radius 3 is 2.44 bits per heavy atom. The molecule has 0 aliphatic carbocycles. The number of ether oxygens (including phenoxy) is 2. The molecule has 102 valence electrons. The van der Waals surface area contributed by atoms with Gasteiger partial charge < -0.3 is 9.47 Å². The van der Waals surface area contributed by atoms with Crippen LogP contribution in [0.1, 0.15) is 33.6 Å². The van der Waals surface area contributed by atoms with Crippen LogP contribution < -0.4 is 0 Å². The van der Waals surface area contributed by atoms with Crippen LogP contribution in [0.4, 0.5) is 4.79 Å². The number of esters is 1. The molecule has 1 aliphatic heterocycles. The number of carbonyl (C=O) groups is 3. The molecule has 0 bridgehead atoms. The maximum absolute atomic E-state index is 11.9. The molecule has 0 aromatic heterocycles. The first kappa shape index (κ1) is 14.5. The monoisotopic (exact) mass is 257 g/mol. The Kier molecular flexibility index (Phi) is 4.32. The average molecular weight is 257 g/mol. The molecule has 0 unspecified atom stereocenters. The van der Waals surface area contributed by atoms with Gasteiger partial charge in [0.25, 0.3) is 0 Å². The number of nitrogens with zero attached hydrogens (tertiary/aromatic N) is 1. The van der Waals surface area contributed by atoms with Gasteiger partial charge in [0.05, 0.1) is 7.11 Å². The van der Waals surface area contributed by atoms with Gasteiger partial charge in [-0.3, -0.25) is 9.69 Å². The zero-order valence-electron chi connectivity index (χ0n) is 11.2. The van der Waals surface area contributed by atoms with E-state index in [1.54, 1.807) is 20.8 Å². The van der Waals surface area contributed by atoms with Gasteiger partial charge in [-0.15, -0.1) is 0 Å². The lowest BCUT2D eigenvalue weighted by molar-refractivity contribution is -0.150. The molecule has 0 saturated carbocycles. The number of likely N-dealkylation sites (tertiary alicyclic amines) is 1. The average Bonchev–Trinajstić information content (AvgIpc) is 2.25. The van der Waals surface area contributed by atoms with Gasteiger partial charge in [0.2, 0.25) is 0 Å². The van der Waals surface area contributed by atoms with Gasteiger partial charge in [-0.1, -0.05) is 0 Å². The van der Waals surface area contributed by atoms with Crippen molar-refractivity contribution >= 4 is 17.8 Å². The summed E-state index contributed by atoms with van der Waals surface area (Å²) in [4.78, 5) is 36.1. The summed E-state index contributed by atoms with van der Waals surface area (Å²) in [7, 11) is 1.23. The van der Waals surface area contributed by atoms with Gasteiger partial charge in [0.1, 0.15) is 17.4 Å². The number of carbonyl (C=O) groups excluding carboxylic acids is 3. The highest BCUT2D eigenvalue weighted by molar-refractivity contribution is 5.91. The SMILES string of the molecule is COC(=O)[C@H]1CC(=O)CCN1C(=O)OC(C)(C)C. The Hall–Kier alpha value is -1.59. The largest absolute Gasteiger partial charge is 0.467 e. The number of hydrogen-bond donors (Lipinski definition) is 0. The van der Waals surface area contributed by atoms with E-state index in [2.05, 4.69) is 4.74 Å². The van der Waals surface area contributed by atoms with Crippen LogP contribution in [-0.2, 0) is 19.1 Å². The van der Waals surface area contributed by atoms with Crippen molar-refractivity contribution in [2.45, 2.75) is 45.3 Å². The van der Waals surface area contributed by atoms with E-state index in [0.29, 0.717) is 0 Å². The lowest BCUT2D eigenvalue weighted by Gasteiger charge is -2.34. The Morgan fingerprint density at radius 1 is 1.33 bits per heavy atom. The Balaban J connectivity index is 2.80. The maximum Gasteiger partial charge on any atom is 0.411 e. The van der Waals surface area contributed by atoms with Gasteiger partial charge in [-0.2, -0.15) is 0 Å². The van der Waals surface area contributed by atoms with E-state index in [4.69, 9.17) is 4.74 Å². The van der Waals surface area contributed by atoms with Crippen LogP contribution in [0.2, 0.25) is 0 Å². The Labute approximate surface area is 106 Å². The minimum Gasteiger partial charge on any atom is -0.467 e.